The molecule has 2 nitrogen and oxygen atoms in total. The molecule has 0 aliphatic heterocycles. The SMILES string of the molecule is C/C=C\c1cccc(N(C2C=CC=C(c3ccc4c(c3)C(C)(C)c3ccccc3-4)C=C2)C2C=c3c(oc4cc(C)ccc34)=CC2)c1C. The lowest BCUT2D eigenvalue weighted by molar-refractivity contribution is 0.567. The molecule has 232 valence electrons. The maximum Gasteiger partial charge on any atom is 0.135 e. The van der Waals surface area contributed by atoms with Crippen molar-refractivity contribution in [2.45, 2.75) is 58.5 Å². The van der Waals surface area contributed by atoms with Gasteiger partial charge in [-0.15, -0.1) is 0 Å². The number of furan rings is 1. The van der Waals surface area contributed by atoms with Crippen molar-refractivity contribution >= 4 is 40.5 Å². The summed E-state index contributed by atoms with van der Waals surface area (Å²) in [4.78, 5) is 2.60. The zero-order chi connectivity index (χ0) is 32.3. The smallest absolute Gasteiger partial charge is 0.135 e. The number of nitrogens with zero attached hydrogens (tertiary/aromatic N) is 1. The van der Waals surface area contributed by atoms with E-state index in [0.717, 1.165) is 17.4 Å². The van der Waals surface area contributed by atoms with Crippen molar-refractivity contribution in [2.75, 3.05) is 4.90 Å². The van der Waals surface area contributed by atoms with Gasteiger partial charge in [-0.3, -0.25) is 0 Å². The summed E-state index contributed by atoms with van der Waals surface area (Å²) in [5.41, 5.74) is 14.9. The van der Waals surface area contributed by atoms with Gasteiger partial charge >= 0.3 is 0 Å². The summed E-state index contributed by atoms with van der Waals surface area (Å²) in [6, 6.07) is 29.3. The lowest BCUT2D eigenvalue weighted by atomic mass is 9.81. The minimum absolute atomic E-state index is 0.0241. The Hall–Kier alpha value is -5.08. The standard InChI is InChI=1S/C45H41NO/c1-6-11-31-12-10-17-42(30(31)3)46(35-22-25-43-39(28-35)38-23-18-29(2)26-44(38)47-43)34-14-9-13-32(19-21-34)33-20-24-37-36-15-7-8-16-40(36)45(4,5)41(37)27-33/h6-21,23-28,34-35H,22H2,1-5H3/b11-6-. The van der Waals surface area contributed by atoms with E-state index in [2.05, 4.69) is 173 Å². The molecule has 4 aromatic carbocycles. The highest BCUT2D eigenvalue weighted by Crippen LogP contribution is 2.49. The fourth-order valence-corrected chi connectivity index (χ4v) is 7.95. The van der Waals surface area contributed by atoms with Gasteiger partial charge in [-0.2, -0.15) is 0 Å². The number of aryl methyl sites for hydroxylation is 1. The van der Waals surface area contributed by atoms with E-state index in [1.54, 1.807) is 0 Å². The summed E-state index contributed by atoms with van der Waals surface area (Å²) < 4.78 is 6.32. The molecule has 2 unspecified atom stereocenters. The minimum atomic E-state index is -0.0241. The molecule has 0 saturated heterocycles. The summed E-state index contributed by atoms with van der Waals surface area (Å²) in [5.74, 6) is 0. The van der Waals surface area contributed by atoms with Crippen LogP contribution in [-0.2, 0) is 5.41 Å². The van der Waals surface area contributed by atoms with Crippen molar-refractivity contribution in [3.05, 3.63) is 159 Å². The van der Waals surface area contributed by atoms with Gasteiger partial charge in [0.05, 0.1) is 12.1 Å². The van der Waals surface area contributed by atoms with E-state index in [0.29, 0.717) is 0 Å². The maximum absolute atomic E-state index is 6.32. The van der Waals surface area contributed by atoms with Crippen molar-refractivity contribution in [3.63, 3.8) is 0 Å². The Morgan fingerprint density at radius 1 is 0.872 bits per heavy atom. The average Bonchev–Trinajstić information content (AvgIpc) is 3.40. The van der Waals surface area contributed by atoms with Crippen LogP contribution in [0, 0.1) is 13.8 Å². The second kappa shape index (κ2) is 11.3. The highest BCUT2D eigenvalue weighted by molar-refractivity contribution is 5.85. The molecule has 2 heteroatoms. The highest BCUT2D eigenvalue weighted by Gasteiger charge is 2.35. The van der Waals surface area contributed by atoms with Gasteiger partial charge in [-0.1, -0.05) is 123 Å². The fraction of sp³-hybridized carbons (Fsp3) is 0.200. The van der Waals surface area contributed by atoms with Crippen LogP contribution in [-0.4, -0.2) is 12.1 Å². The van der Waals surface area contributed by atoms with Crippen LogP contribution >= 0.6 is 0 Å². The van der Waals surface area contributed by atoms with Crippen LogP contribution in [0.5, 0.6) is 0 Å². The number of hydrogen-bond donors (Lipinski definition) is 0. The third-order valence-electron chi connectivity index (χ3n) is 10.4. The Kier molecular flexibility index (Phi) is 7.06. The van der Waals surface area contributed by atoms with Crippen molar-refractivity contribution in [2.24, 2.45) is 0 Å². The molecular weight excluding hydrogens is 571 g/mol. The van der Waals surface area contributed by atoms with Gasteiger partial charge in [0.25, 0.3) is 0 Å². The second-order valence-electron chi connectivity index (χ2n) is 13.7. The largest absolute Gasteiger partial charge is 0.456 e. The van der Waals surface area contributed by atoms with E-state index in [1.165, 1.54) is 66.4 Å². The first-order chi connectivity index (χ1) is 22.8. The van der Waals surface area contributed by atoms with Crippen LogP contribution in [0.4, 0.5) is 5.69 Å². The molecule has 2 atom stereocenters. The summed E-state index contributed by atoms with van der Waals surface area (Å²) in [6.07, 6.45) is 21.5. The van der Waals surface area contributed by atoms with E-state index in [4.69, 9.17) is 4.42 Å². The topological polar surface area (TPSA) is 16.4 Å². The molecule has 3 aliphatic rings. The molecule has 0 amide bonds. The molecule has 1 heterocycles. The Bertz CT molecular complexity index is 2300. The first kappa shape index (κ1) is 29.3. The number of anilines is 1. The normalized spacial score (nSPS) is 19.0. The number of benzene rings is 4. The highest BCUT2D eigenvalue weighted by atomic mass is 16.3. The third-order valence-corrected chi connectivity index (χ3v) is 10.4. The van der Waals surface area contributed by atoms with Gasteiger partial charge in [0.2, 0.25) is 0 Å². The van der Waals surface area contributed by atoms with Crippen LogP contribution in [0.25, 0.3) is 45.9 Å². The van der Waals surface area contributed by atoms with Crippen LogP contribution in [0.2, 0.25) is 0 Å². The van der Waals surface area contributed by atoms with Crippen LogP contribution < -0.4 is 15.5 Å². The second-order valence-corrected chi connectivity index (χ2v) is 13.7. The molecule has 3 aliphatic carbocycles. The fourth-order valence-electron chi connectivity index (χ4n) is 7.95. The Morgan fingerprint density at radius 2 is 1.72 bits per heavy atom. The zero-order valence-corrected chi connectivity index (χ0v) is 27.9. The maximum atomic E-state index is 6.32. The molecule has 0 fully saturated rings. The molecule has 47 heavy (non-hydrogen) atoms. The van der Waals surface area contributed by atoms with Gasteiger partial charge in [-0.25, -0.2) is 0 Å². The van der Waals surface area contributed by atoms with Crippen molar-refractivity contribution < 1.29 is 4.42 Å². The van der Waals surface area contributed by atoms with Gasteiger partial charge in [0.1, 0.15) is 11.0 Å². The first-order valence-electron chi connectivity index (χ1n) is 16.9. The van der Waals surface area contributed by atoms with Crippen molar-refractivity contribution in [3.8, 4) is 11.1 Å². The van der Waals surface area contributed by atoms with Crippen molar-refractivity contribution in [1.82, 2.24) is 0 Å². The van der Waals surface area contributed by atoms with Crippen LogP contribution in [0.1, 0.15) is 60.6 Å². The Morgan fingerprint density at radius 3 is 2.60 bits per heavy atom. The monoisotopic (exact) mass is 611 g/mol. The van der Waals surface area contributed by atoms with E-state index < -0.39 is 0 Å². The van der Waals surface area contributed by atoms with E-state index >= 15 is 0 Å². The Labute approximate surface area is 278 Å². The van der Waals surface area contributed by atoms with Gasteiger partial charge in [-0.05, 0) is 102 Å². The number of allylic oxidation sites excluding steroid dienone is 5. The molecule has 0 bridgehead atoms. The van der Waals surface area contributed by atoms with Gasteiger partial charge in [0.15, 0.2) is 0 Å². The first-order valence-corrected chi connectivity index (χ1v) is 16.9. The average molecular weight is 612 g/mol. The van der Waals surface area contributed by atoms with E-state index in [9.17, 15) is 0 Å². The number of hydrogen-bond acceptors (Lipinski definition) is 2. The molecule has 0 spiro atoms. The molecule has 8 rings (SSSR count). The molecule has 0 saturated carbocycles. The van der Waals surface area contributed by atoms with Crippen molar-refractivity contribution in [1.29, 1.82) is 0 Å². The Balaban J connectivity index is 1.20. The summed E-state index contributed by atoms with van der Waals surface area (Å²) in [7, 11) is 0. The molecule has 0 radical (unpaired) electrons. The minimum Gasteiger partial charge on any atom is -0.456 e. The van der Waals surface area contributed by atoms with Gasteiger partial charge in [0, 0.05) is 21.7 Å². The summed E-state index contributed by atoms with van der Waals surface area (Å²) in [5, 5.41) is 2.38. The molecule has 0 N–H and O–H groups in total. The number of rotatable bonds is 5. The van der Waals surface area contributed by atoms with E-state index in [1.807, 2.05) is 0 Å². The predicted molar refractivity (Wildman–Crippen MR) is 200 cm³/mol. The zero-order valence-electron chi connectivity index (χ0n) is 27.9. The number of fused-ring (bicyclic) bond motifs is 6. The lowest BCUT2D eigenvalue weighted by Gasteiger charge is -2.38. The van der Waals surface area contributed by atoms with Gasteiger partial charge < -0.3 is 9.32 Å². The molecule has 1 aromatic heterocycles. The van der Waals surface area contributed by atoms with Crippen LogP contribution in [0.15, 0.2) is 120 Å². The predicted octanol–water partition coefficient (Wildman–Crippen LogP) is 9.81. The summed E-state index contributed by atoms with van der Waals surface area (Å²) in [6.45, 7) is 11.2. The quantitative estimate of drug-likeness (QED) is 0.197. The van der Waals surface area contributed by atoms with E-state index in [-0.39, 0.29) is 17.5 Å². The lowest BCUT2D eigenvalue weighted by Crippen LogP contribution is -2.44. The third kappa shape index (κ3) is 4.86. The van der Waals surface area contributed by atoms with Crippen LogP contribution in [0.3, 0.4) is 0 Å². The molecular formula is C45H41NO. The summed E-state index contributed by atoms with van der Waals surface area (Å²) >= 11 is 0. The molecule has 5 aromatic rings.